The molecule has 158 valence electrons. The van der Waals surface area contributed by atoms with E-state index in [9.17, 15) is 0 Å². The number of ether oxygens (including phenoxy) is 2. The monoisotopic (exact) mass is 423 g/mol. The fourth-order valence-electron chi connectivity index (χ4n) is 3.42. The van der Waals surface area contributed by atoms with Gasteiger partial charge in [-0.3, -0.25) is 0 Å². The summed E-state index contributed by atoms with van der Waals surface area (Å²) in [5.74, 6) is 2.38. The van der Waals surface area contributed by atoms with Crippen LogP contribution in [0.5, 0.6) is 17.4 Å². The maximum atomic E-state index is 6.11. The standard InChI is InChI=1S/C25H21N5O2/c1-17-7-6-10-21(27-17)23-28-24-22(25(29-23)32-20-8-4-3-5-9-20)26-16-30(24)15-18-11-13-19(31-2)14-12-18/h3-14,16H,15H2,1-2H3. The van der Waals surface area contributed by atoms with E-state index in [4.69, 9.17) is 14.5 Å². The number of rotatable bonds is 6. The smallest absolute Gasteiger partial charge is 0.251 e. The highest BCUT2D eigenvalue weighted by atomic mass is 16.5. The Bertz CT molecular complexity index is 1360. The third kappa shape index (κ3) is 4.00. The van der Waals surface area contributed by atoms with Crippen molar-refractivity contribution < 1.29 is 9.47 Å². The molecule has 0 saturated heterocycles. The van der Waals surface area contributed by atoms with Crippen molar-refractivity contribution in [1.29, 1.82) is 0 Å². The van der Waals surface area contributed by atoms with Gasteiger partial charge in [-0.2, -0.15) is 4.98 Å². The topological polar surface area (TPSA) is 75.0 Å². The molecule has 0 unspecified atom stereocenters. The van der Waals surface area contributed by atoms with Crippen LogP contribution in [-0.4, -0.2) is 31.6 Å². The van der Waals surface area contributed by atoms with Crippen LogP contribution in [0.2, 0.25) is 0 Å². The number of methoxy groups -OCH3 is 1. The van der Waals surface area contributed by atoms with E-state index in [0.717, 1.165) is 17.0 Å². The Hall–Kier alpha value is -4.26. The molecule has 7 nitrogen and oxygen atoms in total. The van der Waals surface area contributed by atoms with Gasteiger partial charge in [0, 0.05) is 5.69 Å². The van der Waals surface area contributed by atoms with Crippen LogP contribution in [0.3, 0.4) is 0 Å². The summed E-state index contributed by atoms with van der Waals surface area (Å²) in [6, 6.07) is 23.2. The predicted octanol–water partition coefficient (Wildman–Crippen LogP) is 5.05. The number of nitrogens with zero attached hydrogens (tertiary/aromatic N) is 5. The van der Waals surface area contributed by atoms with E-state index in [-0.39, 0.29) is 0 Å². The average Bonchev–Trinajstić information content (AvgIpc) is 3.23. The molecule has 5 aromatic rings. The van der Waals surface area contributed by atoms with Crippen LogP contribution in [0.4, 0.5) is 0 Å². The number of benzene rings is 2. The molecular formula is C25H21N5O2. The number of aromatic nitrogens is 5. The van der Waals surface area contributed by atoms with Crippen molar-refractivity contribution in [2.75, 3.05) is 7.11 Å². The summed E-state index contributed by atoms with van der Waals surface area (Å²) >= 11 is 0. The van der Waals surface area contributed by atoms with Gasteiger partial charge in [-0.15, -0.1) is 0 Å². The minimum atomic E-state index is 0.396. The molecule has 0 aliphatic carbocycles. The molecule has 0 saturated carbocycles. The van der Waals surface area contributed by atoms with Gasteiger partial charge < -0.3 is 14.0 Å². The number of imidazole rings is 1. The van der Waals surface area contributed by atoms with E-state index in [0.29, 0.717) is 40.9 Å². The van der Waals surface area contributed by atoms with Crippen molar-refractivity contribution in [2.45, 2.75) is 13.5 Å². The van der Waals surface area contributed by atoms with Crippen molar-refractivity contribution in [3.05, 3.63) is 90.4 Å². The van der Waals surface area contributed by atoms with E-state index in [1.54, 1.807) is 13.4 Å². The second-order valence-corrected chi connectivity index (χ2v) is 7.32. The Morgan fingerprint density at radius 1 is 0.812 bits per heavy atom. The third-order valence-corrected chi connectivity index (χ3v) is 5.02. The molecule has 3 heterocycles. The highest BCUT2D eigenvalue weighted by Crippen LogP contribution is 2.29. The Morgan fingerprint density at radius 2 is 1.62 bits per heavy atom. The van der Waals surface area contributed by atoms with Gasteiger partial charge in [0.2, 0.25) is 0 Å². The fourth-order valence-corrected chi connectivity index (χ4v) is 3.42. The average molecular weight is 423 g/mol. The Balaban J connectivity index is 1.61. The molecule has 2 aromatic carbocycles. The summed E-state index contributed by atoms with van der Waals surface area (Å²) in [5.41, 5.74) is 3.95. The van der Waals surface area contributed by atoms with E-state index in [1.807, 2.05) is 84.3 Å². The number of hydrogen-bond donors (Lipinski definition) is 0. The quantitative estimate of drug-likeness (QED) is 0.381. The molecule has 0 atom stereocenters. The molecule has 7 heteroatoms. The zero-order valence-electron chi connectivity index (χ0n) is 17.8. The lowest BCUT2D eigenvalue weighted by molar-refractivity contribution is 0.414. The molecule has 0 fully saturated rings. The molecule has 0 radical (unpaired) electrons. The number of para-hydroxylation sites is 1. The van der Waals surface area contributed by atoms with E-state index >= 15 is 0 Å². The van der Waals surface area contributed by atoms with Gasteiger partial charge in [0.05, 0.1) is 20.0 Å². The van der Waals surface area contributed by atoms with Crippen molar-refractivity contribution >= 4 is 11.2 Å². The summed E-state index contributed by atoms with van der Waals surface area (Å²) in [4.78, 5) is 18.6. The first-order valence-corrected chi connectivity index (χ1v) is 10.2. The van der Waals surface area contributed by atoms with Gasteiger partial charge in [-0.1, -0.05) is 36.4 Å². The number of aryl methyl sites for hydroxylation is 1. The van der Waals surface area contributed by atoms with Crippen LogP contribution in [0.15, 0.2) is 79.1 Å². The van der Waals surface area contributed by atoms with Gasteiger partial charge in [0.15, 0.2) is 17.0 Å². The van der Waals surface area contributed by atoms with Crippen LogP contribution in [-0.2, 0) is 6.54 Å². The van der Waals surface area contributed by atoms with Crippen molar-refractivity contribution in [2.24, 2.45) is 0 Å². The molecule has 0 aliphatic heterocycles. The zero-order valence-corrected chi connectivity index (χ0v) is 17.8. The molecule has 0 aliphatic rings. The molecule has 0 spiro atoms. The van der Waals surface area contributed by atoms with Crippen LogP contribution in [0.1, 0.15) is 11.3 Å². The van der Waals surface area contributed by atoms with Gasteiger partial charge in [0.1, 0.15) is 17.2 Å². The highest BCUT2D eigenvalue weighted by Gasteiger charge is 2.17. The molecule has 0 bridgehead atoms. The van der Waals surface area contributed by atoms with Gasteiger partial charge in [0.25, 0.3) is 5.88 Å². The summed E-state index contributed by atoms with van der Waals surface area (Å²) in [6.07, 6.45) is 1.76. The predicted molar refractivity (Wildman–Crippen MR) is 122 cm³/mol. The van der Waals surface area contributed by atoms with E-state index < -0.39 is 0 Å². The molecular weight excluding hydrogens is 402 g/mol. The van der Waals surface area contributed by atoms with Crippen molar-refractivity contribution in [3.63, 3.8) is 0 Å². The third-order valence-electron chi connectivity index (χ3n) is 5.02. The highest BCUT2D eigenvalue weighted by molar-refractivity contribution is 5.79. The first-order chi connectivity index (χ1) is 15.7. The van der Waals surface area contributed by atoms with Crippen LogP contribution in [0.25, 0.3) is 22.7 Å². The normalized spacial score (nSPS) is 10.9. The molecule has 32 heavy (non-hydrogen) atoms. The van der Waals surface area contributed by atoms with Crippen LogP contribution in [0, 0.1) is 6.92 Å². The Kier molecular flexibility index (Phi) is 5.21. The SMILES string of the molecule is COc1ccc(Cn2cnc3c(Oc4ccccc4)nc(-c4cccc(C)n4)nc32)cc1. The number of fused-ring (bicyclic) bond motifs is 1. The van der Waals surface area contributed by atoms with Crippen LogP contribution >= 0.6 is 0 Å². The van der Waals surface area contributed by atoms with Crippen LogP contribution < -0.4 is 9.47 Å². The lowest BCUT2D eigenvalue weighted by Crippen LogP contribution is -2.03. The van der Waals surface area contributed by atoms with Crippen molar-refractivity contribution in [1.82, 2.24) is 24.5 Å². The van der Waals surface area contributed by atoms with Gasteiger partial charge in [-0.05, 0) is 48.9 Å². The second-order valence-electron chi connectivity index (χ2n) is 7.32. The number of pyridine rings is 1. The minimum absolute atomic E-state index is 0.396. The molecule has 3 aromatic heterocycles. The summed E-state index contributed by atoms with van der Waals surface area (Å²) < 4.78 is 13.3. The maximum absolute atomic E-state index is 6.11. The number of hydrogen-bond acceptors (Lipinski definition) is 6. The molecule has 5 rings (SSSR count). The molecule has 0 N–H and O–H groups in total. The van der Waals surface area contributed by atoms with Gasteiger partial charge in [-0.25, -0.2) is 15.0 Å². The zero-order chi connectivity index (χ0) is 21.9. The van der Waals surface area contributed by atoms with Gasteiger partial charge >= 0.3 is 0 Å². The Morgan fingerprint density at radius 3 is 2.38 bits per heavy atom. The fraction of sp³-hybridized carbons (Fsp3) is 0.120. The first kappa shape index (κ1) is 19.7. The maximum Gasteiger partial charge on any atom is 0.251 e. The van der Waals surface area contributed by atoms with E-state index in [2.05, 4.69) is 15.0 Å². The molecule has 0 amide bonds. The lowest BCUT2D eigenvalue weighted by atomic mass is 10.2. The summed E-state index contributed by atoms with van der Waals surface area (Å²) in [5, 5.41) is 0. The van der Waals surface area contributed by atoms with E-state index in [1.165, 1.54) is 0 Å². The second kappa shape index (κ2) is 8.47. The Labute approximate surface area is 185 Å². The minimum Gasteiger partial charge on any atom is -0.497 e. The lowest BCUT2D eigenvalue weighted by Gasteiger charge is -2.09. The summed E-state index contributed by atoms with van der Waals surface area (Å²) in [6.45, 7) is 2.54. The largest absolute Gasteiger partial charge is 0.497 e. The van der Waals surface area contributed by atoms with Crippen molar-refractivity contribution in [3.8, 4) is 28.9 Å². The summed E-state index contributed by atoms with van der Waals surface area (Å²) in [7, 11) is 1.66. The first-order valence-electron chi connectivity index (χ1n) is 10.2.